The Labute approximate surface area is 119 Å². The Morgan fingerprint density at radius 2 is 1.63 bits per heavy atom. The van der Waals surface area contributed by atoms with Gasteiger partial charge in [0, 0.05) is 11.9 Å². The first-order valence-electron chi connectivity index (χ1n) is 6.12. The first kappa shape index (κ1) is 13.5. The number of anilines is 2. The van der Waals surface area contributed by atoms with Gasteiger partial charge in [-0.05, 0) is 67.9 Å². The van der Waals surface area contributed by atoms with Crippen molar-refractivity contribution in [2.45, 2.75) is 20.8 Å². The van der Waals surface area contributed by atoms with Crippen LogP contribution in [0, 0.1) is 20.8 Å². The highest BCUT2D eigenvalue weighted by atomic mass is 32.1. The van der Waals surface area contributed by atoms with E-state index >= 15 is 0 Å². The summed E-state index contributed by atoms with van der Waals surface area (Å²) in [6, 6.07) is 10.1. The molecule has 0 aliphatic carbocycles. The second kappa shape index (κ2) is 5.80. The fourth-order valence-corrected chi connectivity index (χ4v) is 2.09. The van der Waals surface area contributed by atoms with Gasteiger partial charge < -0.3 is 10.6 Å². The zero-order valence-corrected chi connectivity index (χ0v) is 12.1. The van der Waals surface area contributed by atoms with Crippen molar-refractivity contribution in [3.8, 4) is 0 Å². The van der Waals surface area contributed by atoms with E-state index in [9.17, 15) is 0 Å². The smallest absolute Gasteiger partial charge is 0.176 e. The Kier molecular flexibility index (Phi) is 4.12. The third-order valence-electron chi connectivity index (χ3n) is 2.63. The number of benzene rings is 1. The normalized spacial score (nSPS) is 10.1. The van der Waals surface area contributed by atoms with Crippen LogP contribution in [0.25, 0.3) is 0 Å². The Bertz CT molecular complexity index is 571. The predicted octanol–water partition coefficient (Wildman–Crippen LogP) is 3.82. The molecule has 1 aromatic carbocycles. The molecule has 19 heavy (non-hydrogen) atoms. The van der Waals surface area contributed by atoms with E-state index in [1.807, 2.05) is 25.3 Å². The van der Waals surface area contributed by atoms with Crippen molar-refractivity contribution in [2.75, 3.05) is 10.6 Å². The zero-order chi connectivity index (χ0) is 13.8. The molecule has 2 aromatic rings. The molecule has 1 heterocycles. The summed E-state index contributed by atoms with van der Waals surface area (Å²) in [5.41, 5.74) is 4.53. The number of rotatable bonds is 2. The van der Waals surface area contributed by atoms with Crippen LogP contribution in [0.4, 0.5) is 11.5 Å². The second-order valence-corrected chi connectivity index (χ2v) is 5.08. The molecule has 0 aliphatic heterocycles. The first-order valence-corrected chi connectivity index (χ1v) is 6.53. The van der Waals surface area contributed by atoms with E-state index in [1.165, 1.54) is 11.1 Å². The van der Waals surface area contributed by atoms with Crippen LogP contribution in [0.1, 0.15) is 16.7 Å². The Morgan fingerprint density at radius 3 is 2.21 bits per heavy atom. The fraction of sp³-hybridized carbons (Fsp3) is 0.200. The van der Waals surface area contributed by atoms with Gasteiger partial charge in [0.1, 0.15) is 5.82 Å². The molecule has 0 unspecified atom stereocenters. The minimum atomic E-state index is 0.543. The summed E-state index contributed by atoms with van der Waals surface area (Å²) in [6.45, 7) is 6.13. The summed E-state index contributed by atoms with van der Waals surface area (Å²) in [5.74, 6) is 0.743. The molecule has 0 bridgehead atoms. The van der Waals surface area contributed by atoms with Crippen molar-refractivity contribution >= 4 is 28.8 Å². The maximum Gasteiger partial charge on any atom is 0.176 e. The molecule has 0 fully saturated rings. The molecule has 0 radical (unpaired) electrons. The van der Waals surface area contributed by atoms with Crippen LogP contribution in [0.15, 0.2) is 36.5 Å². The molecular weight excluding hydrogens is 254 g/mol. The van der Waals surface area contributed by atoms with Gasteiger partial charge in [-0.25, -0.2) is 4.98 Å². The quantitative estimate of drug-likeness (QED) is 0.814. The summed E-state index contributed by atoms with van der Waals surface area (Å²) >= 11 is 5.28. The van der Waals surface area contributed by atoms with Crippen LogP contribution >= 0.6 is 12.2 Å². The predicted molar refractivity (Wildman–Crippen MR) is 84.7 cm³/mol. The van der Waals surface area contributed by atoms with Gasteiger partial charge in [-0.15, -0.1) is 0 Å². The number of nitrogens with one attached hydrogen (secondary N) is 2. The van der Waals surface area contributed by atoms with Crippen LogP contribution in [0.2, 0.25) is 0 Å². The summed E-state index contributed by atoms with van der Waals surface area (Å²) in [6.07, 6.45) is 1.81. The van der Waals surface area contributed by atoms with Crippen molar-refractivity contribution in [3.05, 3.63) is 53.2 Å². The summed E-state index contributed by atoms with van der Waals surface area (Å²) in [4.78, 5) is 4.26. The Hall–Kier alpha value is -1.94. The number of aromatic nitrogens is 1. The largest absolute Gasteiger partial charge is 0.332 e. The van der Waals surface area contributed by atoms with Gasteiger partial charge in [0.2, 0.25) is 0 Å². The van der Waals surface area contributed by atoms with Gasteiger partial charge in [0.15, 0.2) is 5.11 Å². The maximum atomic E-state index is 5.28. The number of nitrogens with zero attached hydrogens (tertiary/aromatic N) is 1. The average Bonchev–Trinajstić information content (AvgIpc) is 2.30. The number of hydrogen-bond donors (Lipinski definition) is 2. The lowest BCUT2D eigenvalue weighted by atomic mass is 10.1. The van der Waals surface area contributed by atoms with Crippen molar-refractivity contribution < 1.29 is 0 Å². The Morgan fingerprint density at radius 1 is 0.947 bits per heavy atom. The fourth-order valence-electron chi connectivity index (χ4n) is 1.87. The standard InChI is InChI=1S/C15H17N3S/c1-10-4-5-14(16-9-10)18-15(19)17-13-7-11(2)6-12(3)8-13/h4-9H,1-3H3,(H2,16,17,18,19). The van der Waals surface area contributed by atoms with Crippen molar-refractivity contribution in [1.29, 1.82) is 0 Å². The third kappa shape index (κ3) is 4.03. The molecule has 0 aliphatic rings. The van der Waals surface area contributed by atoms with Crippen molar-refractivity contribution in [1.82, 2.24) is 4.98 Å². The van der Waals surface area contributed by atoms with E-state index in [0.717, 1.165) is 17.1 Å². The van der Waals surface area contributed by atoms with Gasteiger partial charge in [-0.1, -0.05) is 12.1 Å². The van der Waals surface area contributed by atoms with E-state index < -0.39 is 0 Å². The molecule has 1 aromatic heterocycles. The van der Waals surface area contributed by atoms with Gasteiger partial charge in [0.25, 0.3) is 0 Å². The molecule has 0 amide bonds. The highest BCUT2D eigenvalue weighted by Gasteiger charge is 2.01. The molecule has 3 nitrogen and oxygen atoms in total. The van der Waals surface area contributed by atoms with Crippen LogP contribution in [-0.2, 0) is 0 Å². The van der Waals surface area contributed by atoms with Gasteiger partial charge >= 0.3 is 0 Å². The van der Waals surface area contributed by atoms with E-state index in [-0.39, 0.29) is 0 Å². The lowest BCUT2D eigenvalue weighted by molar-refractivity contribution is 1.27. The summed E-state index contributed by atoms with van der Waals surface area (Å²) in [5, 5.41) is 6.78. The molecule has 98 valence electrons. The summed E-state index contributed by atoms with van der Waals surface area (Å²) in [7, 11) is 0. The zero-order valence-electron chi connectivity index (χ0n) is 11.3. The highest BCUT2D eigenvalue weighted by molar-refractivity contribution is 7.80. The molecule has 4 heteroatoms. The SMILES string of the molecule is Cc1ccc(NC(=S)Nc2cc(C)cc(C)c2)nc1. The van der Waals surface area contributed by atoms with Crippen molar-refractivity contribution in [2.24, 2.45) is 0 Å². The molecule has 0 atom stereocenters. The molecule has 0 saturated heterocycles. The minimum Gasteiger partial charge on any atom is -0.332 e. The number of aryl methyl sites for hydroxylation is 3. The number of hydrogen-bond acceptors (Lipinski definition) is 2. The van der Waals surface area contributed by atoms with Crippen LogP contribution in [-0.4, -0.2) is 10.1 Å². The number of thiocarbonyl (C=S) groups is 1. The van der Waals surface area contributed by atoms with Crippen LogP contribution in [0.3, 0.4) is 0 Å². The van der Waals surface area contributed by atoms with E-state index in [1.54, 1.807) is 0 Å². The van der Waals surface area contributed by atoms with Gasteiger partial charge in [0.05, 0.1) is 0 Å². The van der Waals surface area contributed by atoms with Crippen molar-refractivity contribution in [3.63, 3.8) is 0 Å². The maximum absolute atomic E-state index is 5.28. The Balaban J connectivity index is 2.03. The molecule has 0 spiro atoms. The molecule has 2 N–H and O–H groups in total. The van der Waals surface area contributed by atoms with E-state index in [4.69, 9.17) is 12.2 Å². The van der Waals surface area contributed by atoms with E-state index in [2.05, 4.69) is 47.7 Å². The summed E-state index contributed by atoms with van der Waals surface area (Å²) < 4.78 is 0. The first-order chi connectivity index (χ1) is 9.02. The highest BCUT2D eigenvalue weighted by Crippen LogP contribution is 2.14. The second-order valence-electron chi connectivity index (χ2n) is 4.68. The molecule has 0 saturated carbocycles. The lowest BCUT2D eigenvalue weighted by Crippen LogP contribution is -2.19. The van der Waals surface area contributed by atoms with Gasteiger partial charge in [-0.2, -0.15) is 0 Å². The van der Waals surface area contributed by atoms with Crippen LogP contribution in [0.5, 0.6) is 0 Å². The minimum absolute atomic E-state index is 0.543. The third-order valence-corrected chi connectivity index (χ3v) is 2.84. The number of pyridine rings is 1. The molecule has 2 rings (SSSR count). The lowest BCUT2D eigenvalue weighted by Gasteiger charge is -2.11. The van der Waals surface area contributed by atoms with Gasteiger partial charge in [-0.3, -0.25) is 0 Å². The topological polar surface area (TPSA) is 37.0 Å². The average molecular weight is 271 g/mol. The van der Waals surface area contributed by atoms with Crippen LogP contribution < -0.4 is 10.6 Å². The monoisotopic (exact) mass is 271 g/mol. The van der Waals surface area contributed by atoms with E-state index in [0.29, 0.717) is 5.11 Å². The molecular formula is C15H17N3S.